The molecular weight excluding hydrogens is 226 g/mol. The molecule has 0 radical (unpaired) electrons. The lowest BCUT2D eigenvalue weighted by Crippen LogP contribution is -2.33. The topological polar surface area (TPSA) is 80.4 Å². The Hall–Kier alpha value is -1.59. The number of fused-ring (bicyclic) bond motifs is 1. The predicted molar refractivity (Wildman–Crippen MR) is 61.3 cm³/mol. The van der Waals surface area contributed by atoms with Crippen molar-refractivity contribution in [1.29, 1.82) is 0 Å². The van der Waals surface area contributed by atoms with Gasteiger partial charge in [0.15, 0.2) is 0 Å². The Bertz CT molecular complexity index is 672. The standard InChI is InChI=1S/C11H11NO3S/c12-10-6-2-1-4-9-8(10)5-3-7-11(9)16(13,14)15/h2-7H,1,12H2,(H,13,14,15). The van der Waals surface area contributed by atoms with E-state index in [4.69, 9.17) is 10.3 Å². The van der Waals surface area contributed by atoms with Crippen LogP contribution in [0.4, 0.5) is 0 Å². The average molecular weight is 237 g/mol. The second-order valence-corrected chi connectivity index (χ2v) is 4.88. The van der Waals surface area contributed by atoms with Gasteiger partial charge in [0.1, 0.15) is 4.90 Å². The SMILES string of the molecule is NC1=c2cccc(S(=O)(=O)O)c2=CCC=C1. The zero-order chi connectivity index (χ0) is 11.8. The van der Waals surface area contributed by atoms with E-state index in [1.54, 1.807) is 24.3 Å². The molecule has 0 saturated heterocycles. The van der Waals surface area contributed by atoms with Crippen molar-refractivity contribution in [2.24, 2.45) is 5.73 Å². The van der Waals surface area contributed by atoms with E-state index in [9.17, 15) is 8.42 Å². The molecule has 0 bridgehead atoms. The molecule has 0 atom stereocenters. The van der Waals surface area contributed by atoms with Gasteiger partial charge < -0.3 is 5.73 Å². The molecule has 1 aliphatic carbocycles. The Kier molecular flexibility index (Phi) is 2.57. The molecule has 0 aliphatic heterocycles. The molecule has 1 aromatic carbocycles. The molecule has 1 aromatic rings. The van der Waals surface area contributed by atoms with Crippen LogP contribution in [-0.2, 0) is 10.1 Å². The van der Waals surface area contributed by atoms with Gasteiger partial charge in [-0.15, -0.1) is 0 Å². The molecule has 1 aliphatic rings. The summed E-state index contributed by atoms with van der Waals surface area (Å²) in [5.74, 6) is 0. The zero-order valence-electron chi connectivity index (χ0n) is 8.42. The van der Waals surface area contributed by atoms with Crippen molar-refractivity contribution in [1.82, 2.24) is 0 Å². The maximum Gasteiger partial charge on any atom is 0.295 e. The van der Waals surface area contributed by atoms with Crippen molar-refractivity contribution in [2.75, 3.05) is 0 Å². The molecule has 0 aromatic heterocycles. The maximum atomic E-state index is 11.2. The van der Waals surface area contributed by atoms with Gasteiger partial charge in [-0.05, 0) is 18.6 Å². The normalized spacial score (nSPS) is 15.2. The van der Waals surface area contributed by atoms with Gasteiger partial charge in [-0.2, -0.15) is 8.42 Å². The van der Waals surface area contributed by atoms with Crippen LogP contribution in [0.15, 0.2) is 35.2 Å². The highest BCUT2D eigenvalue weighted by Crippen LogP contribution is 2.02. The van der Waals surface area contributed by atoms with Crippen molar-refractivity contribution in [2.45, 2.75) is 11.3 Å². The summed E-state index contributed by atoms with van der Waals surface area (Å²) < 4.78 is 31.5. The Morgan fingerprint density at radius 3 is 2.75 bits per heavy atom. The van der Waals surface area contributed by atoms with Crippen LogP contribution in [-0.4, -0.2) is 13.0 Å². The van der Waals surface area contributed by atoms with Crippen molar-refractivity contribution in [3.63, 3.8) is 0 Å². The number of hydrogen-bond acceptors (Lipinski definition) is 3. The second-order valence-electron chi connectivity index (χ2n) is 3.49. The van der Waals surface area contributed by atoms with Gasteiger partial charge in [-0.3, -0.25) is 4.55 Å². The van der Waals surface area contributed by atoms with E-state index >= 15 is 0 Å². The fraction of sp³-hybridized carbons (Fsp3) is 0.0909. The van der Waals surface area contributed by atoms with E-state index in [1.807, 2.05) is 6.08 Å². The first-order chi connectivity index (χ1) is 7.50. The van der Waals surface area contributed by atoms with E-state index in [1.165, 1.54) is 6.07 Å². The van der Waals surface area contributed by atoms with Crippen LogP contribution in [0.1, 0.15) is 6.42 Å². The minimum absolute atomic E-state index is 0.100. The lowest BCUT2D eigenvalue weighted by molar-refractivity contribution is 0.482. The van der Waals surface area contributed by atoms with Crippen LogP contribution in [0.2, 0.25) is 0 Å². The largest absolute Gasteiger partial charge is 0.398 e. The van der Waals surface area contributed by atoms with Crippen molar-refractivity contribution in [3.8, 4) is 0 Å². The van der Waals surface area contributed by atoms with Gasteiger partial charge in [0, 0.05) is 16.1 Å². The minimum atomic E-state index is -4.21. The van der Waals surface area contributed by atoms with Gasteiger partial charge in [0.25, 0.3) is 10.1 Å². The van der Waals surface area contributed by atoms with Crippen LogP contribution >= 0.6 is 0 Å². The van der Waals surface area contributed by atoms with E-state index in [2.05, 4.69) is 0 Å². The molecule has 16 heavy (non-hydrogen) atoms. The smallest absolute Gasteiger partial charge is 0.295 e. The molecule has 84 valence electrons. The van der Waals surface area contributed by atoms with Gasteiger partial charge in [-0.25, -0.2) is 0 Å². The van der Waals surface area contributed by atoms with E-state index in [0.717, 1.165) is 0 Å². The van der Waals surface area contributed by atoms with E-state index in [0.29, 0.717) is 22.6 Å². The Balaban J connectivity index is 2.98. The van der Waals surface area contributed by atoms with Crippen LogP contribution < -0.4 is 16.2 Å². The lowest BCUT2D eigenvalue weighted by Gasteiger charge is -2.00. The van der Waals surface area contributed by atoms with Gasteiger partial charge in [0.2, 0.25) is 0 Å². The molecule has 0 saturated carbocycles. The fourth-order valence-corrected chi connectivity index (χ4v) is 2.42. The van der Waals surface area contributed by atoms with E-state index in [-0.39, 0.29) is 4.90 Å². The molecular formula is C11H11NO3S. The van der Waals surface area contributed by atoms with Crippen molar-refractivity contribution >= 4 is 21.9 Å². The summed E-state index contributed by atoms with van der Waals surface area (Å²) >= 11 is 0. The number of hydrogen-bond donors (Lipinski definition) is 2. The second kappa shape index (κ2) is 3.77. The minimum Gasteiger partial charge on any atom is -0.398 e. The van der Waals surface area contributed by atoms with Crippen LogP contribution in [0.25, 0.3) is 11.8 Å². The molecule has 3 N–H and O–H groups in total. The highest BCUT2D eigenvalue weighted by Gasteiger charge is 2.12. The van der Waals surface area contributed by atoms with Gasteiger partial charge in [-0.1, -0.05) is 24.3 Å². The zero-order valence-corrected chi connectivity index (χ0v) is 9.24. The summed E-state index contributed by atoms with van der Waals surface area (Å²) in [4.78, 5) is -0.100. The fourth-order valence-electron chi connectivity index (χ4n) is 1.70. The summed E-state index contributed by atoms with van der Waals surface area (Å²) in [7, 11) is -4.21. The van der Waals surface area contributed by atoms with Gasteiger partial charge >= 0.3 is 0 Å². The summed E-state index contributed by atoms with van der Waals surface area (Å²) in [6.07, 6.45) is 5.88. The summed E-state index contributed by atoms with van der Waals surface area (Å²) in [6.45, 7) is 0. The van der Waals surface area contributed by atoms with Gasteiger partial charge in [0.05, 0.1) is 0 Å². The predicted octanol–water partition coefficient (Wildman–Crippen LogP) is -0.259. The quantitative estimate of drug-likeness (QED) is 0.659. The summed E-state index contributed by atoms with van der Waals surface area (Å²) in [5.41, 5.74) is 6.29. The molecule has 0 spiro atoms. The molecule has 0 unspecified atom stereocenters. The van der Waals surface area contributed by atoms with E-state index < -0.39 is 10.1 Å². The third kappa shape index (κ3) is 1.87. The number of nitrogens with two attached hydrogens (primary N) is 1. The first-order valence-corrected chi connectivity index (χ1v) is 6.17. The molecule has 0 amide bonds. The number of rotatable bonds is 1. The lowest BCUT2D eigenvalue weighted by atomic mass is 10.2. The highest BCUT2D eigenvalue weighted by atomic mass is 32.2. The maximum absolute atomic E-state index is 11.2. The van der Waals surface area contributed by atoms with Crippen LogP contribution in [0.5, 0.6) is 0 Å². The Morgan fingerprint density at radius 2 is 2.06 bits per heavy atom. The monoisotopic (exact) mass is 237 g/mol. The molecule has 5 heteroatoms. The molecule has 4 nitrogen and oxygen atoms in total. The first kappa shape index (κ1) is 10.9. The highest BCUT2D eigenvalue weighted by molar-refractivity contribution is 7.85. The Morgan fingerprint density at radius 1 is 1.31 bits per heavy atom. The summed E-state index contributed by atoms with van der Waals surface area (Å²) in [6, 6.07) is 4.65. The number of allylic oxidation sites excluding steroid dienone is 1. The third-order valence-electron chi connectivity index (χ3n) is 2.41. The number of benzene rings is 1. The van der Waals surface area contributed by atoms with Crippen molar-refractivity contribution in [3.05, 3.63) is 40.8 Å². The molecule has 0 fully saturated rings. The third-order valence-corrected chi connectivity index (χ3v) is 3.32. The molecule has 2 rings (SSSR count). The first-order valence-electron chi connectivity index (χ1n) is 4.73. The molecule has 0 heterocycles. The average Bonchev–Trinajstić information content (AvgIpc) is 2.39. The van der Waals surface area contributed by atoms with Crippen molar-refractivity contribution < 1.29 is 13.0 Å². The van der Waals surface area contributed by atoms with Crippen LogP contribution in [0, 0.1) is 0 Å². The summed E-state index contributed by atoms with van der Waals surface area (Å²) in [5, 5.41) is 1.09. The Labute approximate surface area is 93.2 Å². The van der Waals surface area contributed by atoms with Crippen LogP contribution in [0.3, 0.4) is 0 Å².